The molecule has 0 fully saturated rings. The van der Waals surface area contributed by atoms with Crippen molar-refractivity contribution in [2.45, 2.75) is 13.3 Å². The van der Waals surface area contributed by atoms with Gasteiger partial charge in [0.2, 0.25) is 0 Å². The average molecular weight is 240 g/mol. The van der Waals surface area contributed by atoms with Gasteiger partial charge in [-0.2, -0.15) is 0 Å². The van der Waals surface area contributed by atoms with Crippen molar-refractivity contribution in [1.82, 2.24) is 0 Å². The number of Topliss-reactive ketones (excluding diaryl/α,β-unsaturated/α-hetero) is 1. The molecule has 1 unspecified atom stereocenters. The molecule has 0 amide bonds. The number of methoxy groups -OCH3 is 2. The van der Waals surface area contributed by atoms with Gasteiger partial charge >= 0.3 is 0 Å². The first kappa shape index (κ1) is 13.6. The largest absolute Gasteiger partial charge is 0.496 e. The standard InChI is InChI=1S/C13H17FO3/c1-9(8-16-2)6-12(15)11-7-10(14)4-5-13(11)17-3/h4-5,7,9H,6,8H2,1-3H3. The van der Waals surface area contributed by atoms with Gasteiger partial charge in [-0.3, -0.25) is 4.79 Å². The number of benzene rings is 1. The number of ketones is 1. The first-order valence-corrected chi connectivity index (χ1v) is 5.44. The van der Waals surface area contributed by atoms with Gasteiger partial charge in [-0.15, -0.1) is 0 Å². The van der Waals surface area contributed by atoms with Gasteiger partial charge in [0, 0.05) is 20.1 Å². The highest BCUT2D eigenvalue weighted by Gasteiger charge is 2.16. The molecule has 94 valence electrons. The molecule has 0 aliphatic heterocycles. The molecule has 1 rings (SSSR count). The summed E-state index contributed by atoms with van der Waals surface area (Å²) in [6, 6.07) is 3.94. The Hall–Kier alpha value is -1.42. The molecule has 0 heterocycles. The van der Waals surface area contributed by atoms with E-state index in [1.54, 1.807) is 7.11 Å². The van der Waals surface area contributed by atoms with Gasteiger partial charge in [0.25, 0.3) is 0 Å². The third-order valence-electron chi connectivity index (χ3n) is 2.45. The second-order valence-corrected chi connectivity index (χ2v) is 4.03. The lowest BCUT2D eigenvalue weighted by Gasteiger charge is -2.11. The van der Waals surface area contributed by atoms with Gasteiger partial charge in [-0.05, 0) is 24.1 Å². The van der Waals surface area contributed by atoms with Crippen molar-refractivity contribution in [3.8, 4) is 5.75 Å². The van der Waals surface area contributed by atoms with Crippen molar-refractivity contribution in [3.05, 3.63) is 29.6 Å². The SMILES string of the molecule is COCC(C)CC(=O)c1cc(F)ccc1OC. The highest BCUT2D eigenvalue weighted by Crippen LogP contribution is 2.22. The lowest BCUT2D eigenvalue weighted by molar-refractivity contribution is 0.0916. The summed E-state index contributed by atoms with van der Waals surface area (Å²) in [5, 5.41) is 0. The molecule has 0 spiro atoms. The van der Waals surface area contributed by atoms with Crippen molar-refractivity contribution >= 4 is 5.78 Å². The van der Waals surface area contributed by atoms with Gasteiger partial charge in [0.1, 0.15) is 11.6 Å². The number of rotatable bonds is 6. The molecule has 1 aromatic carbocycles. The topological polar surface area (TPSA) is 35.5 Å². The lowest BCUT2D eigenvalue weighted by Crippen LogP contribution is -2.11. The molecule has 1 atom stereocenters. The number of hydrogen-bond donors (Lipinski definition) is 0. The van der Waals surface area contributed by atoms with Crippen LogP contribution in [0.4, 0.5) is 4.39 Å². The summed E-state index contributed by atoms with van der Waals surface area (Å²) in [6.07, 6.45) is 0.313. The van der Waals surface area contributed by atoms with E-state index < -0.39 is 5.82 Å². The lowest BCUT2D eigenvalue weighted by atomic mass is 9.99. The van der Waals surface area contributed by atoms with Crippen LogP contribution in [0.1, 0.15) is 23.7 Å². The van der Waals surface area contributed by atoms with Crippen molar-refractivity contribution < 1.29 is 18.7 Å². The molecule has 0 aliphatic rings. The van der Waals surface area contributed by atoms with Crippen molar-refractivity contribution in [2.75, 3.05) is 20.8 Å². The first-order chi connectivity index (χ1) is 8.08. The predicted octanol–water partition coefficient (Wildman–Crippen LogP) is 2.69. The molecule has 0 aliphatic carbocycles. The predicted molar refractivity (Wildman–Crippen MR) is 62.9 cm³/mol. The second kappa shape index (κ2) is 6.35. The quantitative estimate of drug-likeness (QED) is 0.717. The van der Waals surface area contributed by atoms with Gasteiger partial charge in [0.15, 0.2) is 5.78 Å². The van der Waals surface area contributed by atoms with Crippen molar-refractivity contribution in [1.29, 1.82) is 0 Å². The first-order valence-electron chi connectivity index (χ1n) is 5.44. The maximum atomic E-state index is 13.1. The van der Waals surface area contributed by atoms with Crippen LogP contribution in [0.15, 0.2) is 18.2 Å². The number of halogens is 1. The van der Waals surface area contributed by atoms with E-state index in [0.717, 1.165) is 0 Å². The Morgan fingerprint density at radius 2 is 2.12 bits per heavy atom. The number of carbonyl (C=O) groups is 1. The zero-order chi connectivity index (χ0) is 12.8. The minimum atomic E-state index is -0.437. The van der Waals surface area contributed by atoms with Gasteiger partial charge < -0.3 is 9.47 Å². The fraction of sp³-hybridized carbons (Fsp3) is 0.462. The molecule has 0 aromatic heterocycles. The van der Waals surface area contributed by atoms with Crippen LogP contribution in [0.2, 0.25) is 0 Å². The molecular weight excluding hydrogens is 223 g/mol. The Morgan fingerprint density at radius 3 is 2.71 bits per heavy atom. The summed E-state index contributed by atoms with van der Waals surface area (Å²) in [5.41, 5.74) is 0.287. The zero-order valence-electron chi connectivity index (χ0n) is 10.3. The molecular formula is C13H17FO3. The van der Waals surface area contributed by atoms with Crippen LogP contribution in [-0.2, 0) is 4.74 Å². The number of hydrogen-bond acceptors (Lipinski definition) is 3. The fourth-order valence-electron chi connectivity index (χ4n) is 1.67. The monoisotopic (exact) mass is 240 g/mol. The molecule has 0 N–H and O–H groups in total. The van der Waals surface area contributed by atoms with Gasteiger partial charge in [-0.1, -0.05) is 6.92 Å². The molecule has 1 aromatic rings. The van der Waals surface area contributed by atoms with Gasteiger partial charge in [0.05, 0.1) is 12.7 Å². The summed E-state index contributed by atoms with van der Waals surface area (Å²) >= 11 is 0. The molecule has 0 bridgehead atoms. The van der Waals surface area contributed by atoms with Crippen LogP contribution in [0.5, 0.6) is 5.75 Å². The van der Waals surface area contributed by atoms with E-state index in [9.17, 15) is 9.18 Å². The van der Waals surface area contributed by atoms with E-state index in [1.165, 1.54) is 25.3 Å². The van der Waals surface area contributed by atoms with E-state index in [4.69, 9.17) is 9.47 Å². The minimum Gasteiger partial charge on any atom is -0.496 e. The maximum Gasteiger partial charge on any atom is 0.167 e. The summed E-state index contributed by atoms with van der Waals surface area (Å²) in [7, 11) is 3.05. The van der Waals surface area contributed by atoms with E-state index >= 15 is 0 Å². The summed E-state index contributed by atoms with van der Waals surface area (Å²) in [4.78, 5) is 12.0. The Balaban J connectivity index is 2.83. The van der Waals surface area contributed by atoms with Crippen molar-refractivity contribution in [2.24, 2.45) is 5.92 Å². The Bertz CT molecular complexity index is 390. The highest BCUT2D eigenvalue weighted by molar-refractivity contribution is 5.98. The van der Waals surface area contributed by atoms with E-state index in [0.29, 0.717) is 18.8 Å². The van der Waals surface area contributed by atoms with Crippen LogP contribution in [0.3, 0.4) is 0 Å². The van der Waals surface area contributed by atoms with Crippen molar-refractivity contribution in [3.63, 3.8) is 0 Å². The van der Waals surface area contributed by atoms with Crippen LogP contribution in [0, 0.1) is 11.7 Å². The summed E-state index contributed by atoms with van der Waals surface area (Å²) < 4.78 is 23.1. The summed E-state index contributed by atoms with van der Waals surface area (Å²) in [5.74, 6) is -0.0686. The molecule has 17 heavy (non-hydrogen) atoms. The third kappa shape index (κ3) is 3.82. The smallest absolute Gasteiger partial charge is 0.167 e. The minimum absolute atomic E-state index is 0.0977. The third-order valence-corrected chi connectivity index (χ3v) is 2.45. The van der Waals surface area contributed by atoms with Gasteiger partial charge in [-0.25, -0.2) is 4.39 Å². The molecule has 4 heteroatoms. The Labute approximate surface area is 101 Å². The van der Waals surface area contributed by atoms with Crippen LogP contribution < -0.4 is 4.74 Å². The van der Waals surface area contributed by atoms with Crippen LogP contribution in [0.25, 0.3) is 0 Å². The fourth-order valence-corrected chi connectivity index (χ4v) is 1.67. The van der Waals surface area contributed by atoms with Crippen LogP contribution in [-0.4, -0.2) is 26.6 Å². The molecule has 0 saturated heterocycles. The molecule has 3 nitrogen and oxygen atoms in total. The molecule has 0 radical (unpaired) electrons. The Kier molecular flexibility index (Phi) is 5.10. The maximum absolute atomic E-state index is 13.1. The normalized spacial score (nSPS) is 12.2. The number of ether oxygens (including phenoxy) is 2. The highest BCUT2D eigenvalue weighted by atomic mass is 19.1. The zero-order valence-corrected chi connectivity index (χ0v) is 10.3. The van der Waals surface area contributed by atoms with E-state index in [2.05, 4.69) is 0 Å². The van der Waals surface area contributed by atoms with E-state index in [1.807, 2.05) is 6.92 Å². The van der Waals surface area contributed by atoms with Crippen LogP contribution >= 0.6 is 0 Å². The average Bonchev–Trinajstić information content (AvgIpc) is 2.29. The summed E-state index contributed by atoms with van der Waals surface area (Å²) in [6.45, 7) is 2.41. The van der Waals surface area contributed by atoms with E-state index in [-0.39, 0.29) is 17.3 Å². The number of carbonyl (C=O) groups excluding carboxylic acids is 1. The second-order valence-electron chi connectivity index (χ2n) is 4.03. The molecule has 0 saturated carbocycles. The Morgan fingerprint density at radius 1 is 1.41 bits per heavy atom.